The van der Waals surface area contributed by atoms with Gasteiger partial charge in [-0.2, -0.15) is 0 Å². The van der Waals surface area contributed by atoms with E-state index in [1.54, 1.807) is 11.6 Å². The van der Waals surface area contributed by atoms with Crippen molar-refractivity contribution in [2.45, 2.75) is 25.7 Å². The van der Waals surface area contributed by atoms with Gasteiger partial charge >= 0.3 is 0 Å². The number of pyridine rings is 1. The molecule has 1 amide bonds. The molecule has 0 unspecified atom stereocenters. The van der Waals surface area contributed by atoms with Crippen LogP contribution >= 0.6 is 36.2 Å². The number of halogens is 2. The fourth-order valence-corrected chi connectivity index (χ4v) is 3.41. The lowest BCUT2D eigenvalue weighted by Crippen LogP contribution is -2.30. The number of carbonyl (C=O) groups excluding carboxylic acids is 1. The molecule has 0 aliphatic carbocycles. The Kier molecular flexibility index (Phi) is 9.13. The molecule has 3 N–H and O–H groups in total. The molecule has 138 valence electrons. The van der Waals surface area contributed by atoms with E-state index in [-0.39, 0.29) is 30.7 Å². The van der Waals surface area contributed by atoms with Crippen LogP contribution in [0.25, 0.3) is 0 Å². The van der Waals surface area contributed by atoms with Gasteiger partial charge in [-0.1, -0.05) is 0 Å². The average molecular weight is 404 g/mol. The molecule has 3 heterocycles. The highest BCUT2D eigenvalue weighted by Gasteiger charge is 2.13. The quantitative estimate of drug-likeness (QED) is 0.800. The Morgan fingerprint density at radius 3 is 2.64 bits per heavy atom. The van der Waals surface area contributed by atoms with E-state index in [0.717, 1.165) is 23.9 Å². The van der Waals surface area contributed by atoms with Crippen LogP contribution in [-0.4, -0.2) is 35.5 Å². The van der Waals surface area contributed by atoms with Gasteiger partial charge in [0.05, 0.1) is 16.9 Å². The largest absolute Gasteiger partial charge is 0.357 e. The van der Waals surface area contributed by atoms with Crippen LogP contribution in [0.15, 0.2) is 23.7 Å². The van der Waals surface area contributed by atoms with Gasteiger partial charge in [-0.25, -0.2) is 9.97 Å². The van der Waals surface area contributed by atoms with Gasteiger partial charge in [0, 0.05) is 24.9 Å². The van der Waals surface area contributed by atoms with Crippen molar-refractivity contribution in [3.8, 4) is 0 Å². The summed E-state index contributed by atoms with van der Waals surface area (Å²) < 4.78 is 0. The first-order valence-electron chi connectivity index (χ1n) is 7.93. The van der Waals surface area contributed by atoms with Crippen molar-refractivity contribution in [3.05, 3.63) is 34.4 Å². The van der Waals surface area contributed by atoms with E-state index in [2.05, 4.69) is 20.2 Å². The lowest BCUT2D eigenvalue weighted by molar-refractivity contribution is 0.102. The number of nitrogens with one attached hydrogen (secondary N) is 1. The molecule has 1 fully saturated rings. The van der Waals surface area contributed by atoms with Gasteiger partial charge in [0.1, 0.15) is 11.5 Å². The summed E-state index contributed by atoms with van der Waals surface area (Å²) in [5.41, 5.74) is 6.61. The van der Waals surface area contributed by atoms with Gasteiger partial charge in [-0.05, 0) is 37.9 Å². The van der Waals surface area contributed by atoms with Gasteiger partial charge in [0.2, 0.25) is 0 Å². The van der Waals surface area contributed by atoms with Gasteiger partial charge in [0.15, 0.2) is 0 Å². The van der Waals surface area contributed by atoms with Crippen LogP contribution in [0, 0.1) is 0 Å². The maximum absolute atomic E-state index is 12.2. The van der Waals surface area contributed by atoms with E-state index in [9.17, 15) is 4.79 Å². The number of hydrogen-bond acceptors (Lipinski definition) is 6. The number of nitrogens with two attached hydrogens (primary N) is 1. The second-order valence-electron chi connectivity index (χ2n) is 5.57. The van der Waals surface area contributed by atoms with E-state index in [0.29, 0.717) is 24.3 Å². The van der Waals surface area contributed by atoms with Crippen molar-refractivity contribution in [2.24, 2.45) is 5.73 Å². The Hall–Kier alpha value is -1.41. The standard InChI is InChI=1S/C16H21N5OS.2ClH/c17-7-6-15-20-13(11-23-15)16(22)19-12-4-5-14(18-10-12)21-8-2-1-3-9-21;;/h4-5,10-11H,1-3,6-9,17H2,(H,19,22);2*1H. The summed E-state index contributed by atoms with van der Waals surface area (Å²) in [6.07, 6.45) is 6.13. The van der Waals surface area contributed by atoms with Crippen molar-refractivity contribution in [1.29, 1.82) is 0 Å². The Balaban J connectivity index is 0.00000156. The van der Waals surface area contributed by atoms with Gasteiger partial charge in [-0.15, -0.1) is 36.2 Å². The third-order valence-electron chi connectivity index (χ3n) is 3.83. The van der Waals surface area contributed by atoms with Crippen LogP contribution in [0.5, 0.6) is 0 Å². The minimum atomic E-state index is -0.211. The van der Waals surface area contributed by atoms with E-state index in [1.807, 2.05) is 12.1 Å². The number of piperidine rings is 1. The molecule has 1 saturated heterocycles. The molecule has 0 saturated carbocycles. The fraction of sp³-hybridized carbons (Fsp3) is 0.438. The van der Waals surface area contributed by atoms with Crippen LogP contribution in [0.1, 0.15) is 34.8 Å². The van der Waals surface area contributed by atoms with Crippen LogP contribution < -0.4 is 16.0 Å². The maximum atomic E-state index is 12.2. The van der Waals surface area contributed by atoms with E-state index < -0.39 is 0 Å². The number of rotatable bonds is 5. The van der Waals surface area contributed by atoms with Crippen LogP contribution in [0.4, 0.5) is 11.5 Å². The molecule has 0 atom stereocenters. The van der Waals surface area contributed by atoms with Gasteiger partial charge in [-0.3, -0.25) is 4.79 Å². The summed E-state index contributed by atoms with van der Waals surface area (Å²) >= 11 is 1.46. The lowest BCUT2D eigenvalue weighted by atomic mass is 10.1. The highest BCUT2D eigenvalue weighted by Crippen LogP contribution is 2.19. The third-order valence-corrected chi connectivity index (χ3v) is 4.74. The zero-order valence-electron chi connectivity index (χ0n) is 13.8. The molecule has 0 aromatic carbocycles. The van der Waals surface area contributed by atoms with Crippen molar-refractivity contribution < 1.29 is 4.79 Å². The number of thiazole rings is 1. The molecule has 6 nitrogen and oxygen atoms in total. The zero-order chi connectivity index (χ0) is 16.1. The Morgan fingerprint density at radius 2 is 2.00 bits per heavy atom. The molecule has 0 radical (unpaired) electrons. The molecule has 2 aromatic heterocycles. The molecule has 0 bridgehead atoms. The number of aromatic nitrogens is 2. The summed E-state index contributed by atoms with van der Waals surface area (Å²) in [7, 11) is 0. The van der Waals surface area contributed by atoms with Crippen LogP contribution in [0.2, 0.25) is 0 Å². The molecule has 3 rings (SSSR count). The first-order chi connectivity index (χ1) is 11.3. The second-order valence-corrected chi connectivity index (χ2v) is 6.51. The number of anilines is 2. The summed E-state index contributed by atoms with van der Waals surface area (Å²) in [6.45, 7) is 2.65. The molecule has 2 aromatic rings. The first kappa shape index (κ1) is 21.6. The van der Waals surface area contributed by atoms with Crippen molar-refractivity contribution in [3.63, 3.8) is 0 Å². The summed E-state index contributed by atoms with van der Waals surface area (Å²) in [5, 5.41) is 5.48. The SMILES string of the molecule is Cl.Cl.NCCc1nc(C(=O)Nc2ccc(N3CCCCC3)nc2)cs1. The predicted octanol–water partition coefficient (Wildman–Crippen LogP) is 3.13. The van der Waals surface area contributed by atoms with E-state index in [4.69, 9.17) is 5.73 Å². The number of hydrogen-bond donors (Lipinski definition) is 2. The molecule has 25 heavy (non-hydrogen) atoms. The maximum Gasteiger partial charge on any atom is 0.275 e. The first-order valence-corrected chi connectivity index (χ1v) is 8.81. The highest BCUT2D eigenvalue weighted by atomic mass is 35.5. The summed E-state index contributed by atoms with van der Waals surface area (Å²) in [5.74, 6) is 0.763. The highest BCUT2D eigenvalue weighted by molar-refractivity contribution is 7.09. The molecule has 1 aliphatic rings. The molecule has 0 spiro atoms. The molecular weight excluding hydrogens is 381 g/mol. The Morgan fingerprint density at radius 1 is 1.24 bits per heavy atom. The smallest absolute Gasteiger partial charge is 0.275 e. The topological polar surface area (TPSA) is 84.1 Å². The summed E-state index contributed by atoms with van der Waals surface area (Å²) in [6, 6.07) is 3.85. The number of nitrogens with zero attached hydrogens (tertiary/aromatic N) is 3. The van der Waals surface area contributed by atoms with Crippen LogP contribution in [-0.2, 0) is 6.42 Å². The molecule has 9 heteroatoms. The third kappa shape index (κ3) is 5.81. The van der Waals surface area contributed by atoms with Crippen molar-refractivity contribution in [2.75, 3.05) is 29.9 Å². The van der Waals surface area contributed by atoms with Gasteiger partial charge in [0.25, 0.3) is 5.91 Å². The predicted molar refractivity (Wildman–Crippen MR) is 108 cm³/mol. The normalized spacial score (nSPS) is 13.6. The molecule has 1 aliphatic heterocycles. The van der Waals surface area contributed by atoms with E-state index in [1.165, 1.54) is 30.6 Å². The van der Waals surface area contributed by atoms with Crippen LogP contribution in [0.3, 0.4) is 0 Å². The monoisotopic (exact) mass is 403 g/mol. The Bertz CT molecular complexity index is 659. The molecular formula is C16H23Cl2N5OS. The van der Waals surface area contributed by atoms with E-state index >= 15 is 0 Å². The number of amides is 1. The van der Waals surface area contributed by atoms with Crippen molar-refractivity contribution >= 4 is 53.6 Å². The second kappa shape index (κ2) is 10.6. The minimum absolute atomic E-state index is 0. The minimum Gasteiger partial charge on any atom is -0.357 e. The Labute approximate surface area is 164 Å². The zero-order valence-corrected chi connectivity index (χ0v) is 16.3. The average Bonchev–Trinajstić information content (AvgIpc) is 3.06. The fourth-order valence-electron chi connectivity index (χ4n) is 2.62. The number of carbonyl (C=O) groups is 1. The lowest BCUT2D eigenvalue weighted by Gasteiger charge is -2.27. The summed E-state index contributed by atoms with van der Waals surface area (Å²) in [4.78, 5) is 23.2. The van der Waals surface area contributed by atoms with Gasteiger partial charge < -0.3 is 16.0 Å². The van der Waals surface area contributed by atoms with Crippen molar-refractivity contribution in [1.82, 2.24) is 9.97 Å².